The predicted molar refractivity (Wildman–Crippen MR) is 172 cm³/mol. The Hall–Kier alpha value is -3.77. The molecule has 2 unspecified atom stereocenters. The van der Waals surface area contributed by atoms with Gasteiger partial charge in [-0.1, -0.05) is 6.92 Å². The zero-order valence-electron chi connectivity index (χ0n) is 25.2. The Morgan fingerprint density at radius 1 is 1.09 bits per heavy atom. The van der Waals surface area contributed by atoms with Gasteiger partial charge in [-0.15, -0.1) is 0 Å². The first-order valence-electron chi connectivity index (χ1n) is 15.1. The first-order valence-corrected chi connectivity index (χ1v) is 17.2. The minimum absolute atomic E-state index is 0.291. The number of hydrogen-bond acceptors (Lipinski definition) is 8. The number of amides is 1. The molecule has 228 valence electrons. The van der Waals surface area contributed by atoms with Crippen LogP contribution >= 0.6 is 0 Å². The fourth-order valence-electron chi connectivity index (χ4n) is 7.12. The molecule has 2 N–H and O–H groups in total. The molecule has 0 spiro atoms. The maximum absolute atomic E-state index is 13.9. The molecule has 0 aliphatic carbocycles. The fourth-order valence-corrected chi connectivity index (χ4v) is 10.4. The van der Waals surface area contributed by atoms with Crippen molar-refractivity contribution in [2.24, 2.45) is 29.8 Å². The normalized spacial score (nSPS) is 26.9. The van der Waals surface area contributed by atoms with Gasteiger partial charge in [0.25, 0.3) is 5.91 Å². The van der Waals surface area contributed by atoms with Crippen LogP contribution in [-0.4, -0.2) is 80.5 Å². The summed E-state index contributed by atoms with van der Waals surface area (Å²) < 4.78 is 25.2. The summed E-state index contributed by atoms with van der Waals surface area (Å²) >= 11 is 0. The van der Waals surface area contributed by atoms with Crippen molar-refractivity contribution in [3.63, 3.8) is 0 Å². The number of benzene rings is 1. The van der Waals surface area contributed by atoms with E-state index in [4.69, 9.17) is 4.74 Å². The summed E-state index contributed by atoms with van der Waals surface area (Å²) in [5, 5.41) is 7.77. The SMILES string of the molecule is Cc1cc2cc(n1)-c1cnn(C)c1OCCC[C@@H](C)CN1/C(=N/C2=O)Nc2ccc(N[SH]3(=O)CC4CN(C)CC4C3)cc21. The molecule has 7 rings (SSSR count). The molecule has 0 radical (unpaired) electrons. The number of aliphatic imine (C=N–C) groups is 1. The number of pyridine rings is 1. The number of ether oxygens (including phenoxy) is 1. The van der Waals surface area contributed by atoms with Crippen molar-refractivity contribution in [2.75, 3.05) is 59.7 Å². The topological polar surface area (TPSA) is 117 Å². The Labute approximate surface area is 253 Å². The van der Waals surface area contributed by atoms with E-state index in [9.17, 15) is 9.00 Å². The van der Waals surface area contributed by atoms with Gasteiger partial charge in [0.15, 0.2) is 0 Å². The van der Waals surface area contributed by atoms with Crippen LogP contribution in [0.3, 0.4) is 0 Å². The Balaban J connectivity index is 1.21. The predicted octanol–water partition coefficient (Wildman–Crippen LogP) is 3.56. The summed E-state index contributed by atoms with van der Waals surface area (Å²) in [4.78, 5) is 27.3. The summed E-state index contributed by atoms with van der Waals surface area (Å²) in [7, 11) is 1.48. The number of guanidine groups is 1. The van der Waals surface area contributed by atoms with E-state index in [2.05, 4.69) is 55.0 Å². The van der Waals surface area contributed by atoms with Crippen LogP contribution in [0.5, 0.6) is 5.88 Å². The summed E-state index contributed by atoms with van der Waals surface area (Å²) in [6.45, 7) is 7.33. The second kappa shape index (κ2) is 10.7. The maximum atomic E-state index is 13.9. The van der Waals surface area contributed by atoms with Gasteiger partial charge in [0, 0.05) is 55.1 Å². The lowest BCUT2D eigenvalue weighted by Crippen LogP contribution is -2.35. The molecule has 3 aromatic rings. The highest BCUT2D eigenvalue weighted by molar-refractivity contribution is 8.04. The highest BCUT2D eigenvalue weighted by atomic mass is 32.3. The van der Waals surface area contributed by atoms with Gasteiger partial charge in [0.1, 0.15) is 0 Å². The Bertz CT molecular complexity index is 1650. The van der Waals surface area contributed by atoms with E-state index >= 15 is 0 Å². The molecule has 3 atom stereocenters. The third-order valence-electron chi connectivity index (χ3n) is 9.08. The molecule has 43 heavy (non-hydrogen) atoms. The molecule has 11 nitrogen and oxygen atoms in total. The molecule has 12 heteroatoms. The van der Waals surface area contributed by atoms with Crippen LogP contribution in [0.4, 0.5) is 17.1 Å². The van der Waals surface area contributed by atoms with Gasteiger partial charge < -0.3 is 24.6 Å². The number of anilines is 3. The van der Waals surface area contributed by atoms with Gasteiger partial charge in [-0.2, -0.15) is 10.1 Å². The van der Waals surface area contributed by atoms with E-state index in [0.717, 1.165) is 60.1 Å². The van der Waals surface area contributed by atoms with Crippen molar-refractivity contribution in [3.05, 3.63) is 47.8 Å². The molecule has 4 aliphatic heterocycles. The summed E-state index contributed by atoms with van der Waals surface area (Å²) in [6.07, 6.45) is 3.51. The number of carbonyl (C=O) groups excluding carboxylic acids is 1. The number of fused-ring (bicyclic) bond motifs is 8. The first-order chi connectivity index (χ1) is 20.6. The molecule has 2 bridgehead atoms. The van der Waals surface area contributed by atoms with Crippen LogP contribution in [-0.2, 0) is 17.2 Å². The largest absolute Gasteiger partial charge is 0.477 e. The summed E-state index contributed by atoms with van der Waals surface area (Å²) in [5.74, 6) is 3.57. The number of hydrogen-bond donors (Lipinski definition) is 3. The standard InChI is InChI=1S/C31H40N8O3S/c1-19-6-5-9-42-30-25(13-32-38(30)4)27-11-21(10-20(2)33-27)29(40)35-31-34-26-8-7-24(12-28(26)39(31)14-19)36-43(41)17-22-15-37(3)16-23(22)18-43/h7-8,10-13,19,22-23,43H,5-6,9,14-18H2,1-4H3,(H,36,41)(H,34,35,40)/t19-,22?,23?/m1/s1. The van der Waals surface area contributed by atoms with E-state index in [1.165, 1.54) is 0 Å². The number of likely N-dealkylation sites (tertiary alicyclic amines) is 1. The number of thiol groups is 1. The quantitative estimate of drug-likeness (QED) is 0.381. The number of nitrogens with zero attached hydrogens (tertiary/aromatic N) is 6. The second-order valence-electron chi connectivity index (χ2n) is 12.8. The molecule has 0 saturated carbocycles. The molecule has 2 fully saturated rings. The van der Waals surface area contributed by atoms with Crippen molar-refractivity contribution in [2.45, 2.75) is 26.7 Å². The van der Waals surface area contributed by atoms with E-state index in [1.54, 1.807) is 23.0 Å². The Morgan fingerprint density at radius 2 is 1.88 bits per heavy atom. The van der Waals surface area contributed by atoms with Crippen LogP contribution in [0.2, 0.25) is 0 Å². The molecule has 2 aromatic heterocycles. The fraction of sp³-hybridized carbons (Fsp3) is 0.484. The number of aromatic nitrogens is 3. The number of aryl methyl sites for hydroxylation is 2. The lowest BCUT2D eigenvalue weighted by atomic mass is 10.0. The van der Waals surface area contributed by atoms with Crippen LogP contribution < -0.4 is 19.7 Å². The average Bonchev–Trinajstić information content (AvgIpc) is 3.66. The Morgan fingerprint density at radius 3 is 2.67 bits per heavy atom. The monoisotopic (exact) mass is 604 g/mol. The van der Waals surface area contributed by atoms with E-state index in [1.807, 2.05) is 26.1 Å². The third-order valence-corrected chi connectivity index (χ3v) is 11.9. The van der Waals surface area contributed by atoms with Crippen LogP contribution in [0.15, 0.2) is 41.5 Å². The maximum Gasteiger partial charge on any atom is 0.280 e. The van der Waals surface area contributed by atoms with Gasteiger partial charge in [0.2, 0.25) is 11.8 Å². The van der Waals surface area contributed by atoms with Crippen molar-refractivity contribution in [1.82, 2.24) is 19.7 Å². The third kappa shape index (κ3) is 5.42. The van der Waals surface area contributed by atoms with Gasteiger partial charge >= 0.3 is 0 Å². The van der Waals surface area contributed by atoms with Crippen LogP contribution in [0, 0.1) is 24.7 Å². The van der Waals surface area contributed by atoms with Gasteiger partial charge in [0.05, 0.1) is 35.4 Å². The summed E-state index contributed by atoms with van der Waals surface area (Å²) in [5.41, 5.74) is 5.19. The lowest BCUT2D eigenvalue weighted by Gasteiger charge is -2.25. The molecular weight excluding hydrogens is 564 g/mol. The lowest BCUT2D eigenvalue weighted by molar-refractivity contribution is 0.100. The smallest absolute Gasteiger partial charge is 0.280 e. The molecular formula is C31H40N8O3S. The molecule has 2 saturated heterocycles. The number of rotatable bonds is 2. The second-order valence-corrected chi connectivity index (χ2v) is 15.5. The molecule has 1 aromatic carbocycles. The van der Waals surface area contributed by atoms with E-state index in [-0.39, 0.29) is 5.91 Å². The van der Waals surface area contributed by atoms with Crippen molar-refractivity contribution in [3.8, 4) is 17.1 Å². The minimum atomic E-state index is -2.52. The highest BCUT2D eigenvalue weighted by Crippen LogP contribution is 2.40. The Kier molecular flexibility index (Phi) is 7.00. The van der Waals surface area contributed by atoms with Gasteiger partial charge in [-0.3, -0.25) is 14.0 Å². The van der Waals surface area contributed by atoms with Crippen LogP contribution in [0.25, 0.3) is 11.3 Å². The van der Waals surface area contributed by atoms with Crippen molar-refractivity contribution < 1.29 is 13.7 Å². The zero-order chi connectivity index (χ0) is 29.9. The zero-order valence-corrected chi connectivity index (χ0v) is 26.1. The number of carbonyl (C=O) groups is 1. The average molecular weight is 605 g/mol. The minimum Gasteiger partial charge on any atom is -0.477 e. The number of nitrogens with one attached hydrogen (secondary N) is 2. The molecule has 4 aliphatic rings. The van der Waals surface area contributed by atoms with E-state index < -0.39 is 10.1 Å². The molecule has 1 amide bonds. The van der Waals surface area contributed by atoms with Gasteiger partial charge in [-0.05, 0) is 85.0 Å². The first kappa shape index (κ1) is 28.0. The molecule has 6 heterocycles. The van der Waals surface area contributed by atoms with Gasteiger partial charge in [-0.25, -0.2) is 4.68 Å². The van der Waals surface area contributed by atoms with E-state index in [0.29, 0.717) is 59.7 Å². The summed E-state index contributed by atoms with van der Waals surface area (Å²) in [6, 6.07) is 9.53. The van der Waals surface area contributed by atoms with Crippen molar-refractivity contribution in [1.29, 1.82) is 0 Å². The van der Waals surface area contributed by atoms with Crippen LogP contribution in [0.1, 0.15) is 35.8 Å². The van der Waals surface area contributed by atoms with Crippen molar-refractivity contribution >= 4 is 39.0 Å². The highest BCUT2D eigenvalue weighted by Gasteiger charge is 2.43.